The standard InChI is InChI=1S/C13H14BrN5/c1-18-8-16-6-11(18)12-7-17-13(15)19(12)10-4-2-9(14)3-5-10/h2-6,8,12H,7H2,1H3,(H2,15,17). The van der Waals surface area contributed by atoms with Gasteiger partial charge in [0.1, 0.15) is 0 Å². The van der Waals surface area contributed by atoms with Crippen LogP contribution in [0.2, 0.25) is 0 Å². The molecule has 1 aliphatic rings. The summed E-state index contributed by atoms with van der Waals surface area (Å²) in [5, 5.41) is 0. The zero-order valence-corrected chi connectivity index (χ0v) is 12.1. The summed E-state index contributed by atoms with van der Waals surface area (Å²) in [4.78, 5) is 10.6. The van der Waals surface area contributed by atoms with Gasteiger partial charge in [-0.1, -0.05) is 15.9 Å². The lowest BCUT2D eigenvalue weighted by Crippen LogP contribution is -2.36. The molecule has 0 aliphatic carbocycles. The minimum absolute atomic E-state index is 0.105. The average molecular weight is 320 g/mol. The molecule has 1 unspecified atom stereocenters. The molecule has 0 fully saturated rings. The number of rotatable bonds is 2. The summed E-state index contributed by atoms with van der Waals surface area (Å²) in [5.41, 5.74) is 8.17. The van der Waals surface area contributed by atoms with E-state index in [1.54, 1.807) is 6.33 Å². The van der Waals surface area contributed by atoms with E-state index >= 15 is 0 Å². The number of anilines is 1. The molecule has 0 spiro atoms. The van der Waals surface area contributed by atoms with Crippen molar-refractivity contribution in [2.45, 2.75) is 6.04 Å². The van der Waals surface area contributed by atoms with Gasteiger partial charge in [-0.2, -0.15) is 0 Å². The molecule has 0 radical (unpaired) electrons. The van der Waals surface area contributed by atoms with Crippen molar-refractivity contribution in [1.29, 1.82) is 0 Å². The van der Waals surface area contributed by atoms with Crippen molar-refractivity contribution in [2.24, 2.45) is 17.8 Å². The normalized spacial score (nSPS) is 18.7. The van der Waals surface area contributed by atoms with Crippen LogP contribution in [-0.4, -0.2) is 22.1 Å². The molecule has 2 N–H and O–H groups in total. The molecule has 0 amide bonds. The van der Waals surface area contributed by atoms with E-state index in [2.05, 4.69) is 25.9 Å². The molecule has 1 aliphatic heterocycles. The molecule has 1 atom stereocenters. The fourth-order valence-corrected chi connectivity index (χ4v) is 2.59. The topological polar surface area (TPSA) is 59.4 Å². The van der Waals surface area contributed by atoms with Crippen molar-refractivity contribution >= 4 is 27.6 Å². The first kappa shape index (κ1) is 12.2. The molecule has 2 heterocycles. The molecule has 1 aromatic carbocycles. The number of nitrogens with zero attached hydrogens (tertiary/aromatic N) is 4. The number of imidazole rings is 1. The molecule has 6 heteroatoms. The van der Waals surface area contributed by atoms with Crippen molar-refractivity contribution in [3.05, 3.63) is 47.0 Å². The SMILES string of the molecule is Cn1cncc1C1CN=C(N)N1c1ccc(Br)cc1. The second kappa shape index (κ2) is 4.70. The maximum absolute atomic E-state index is 6.03. The van der Waals surface area contributed by atoms with Crippen LogP contribution < -0.4 is 10.6 Å². The molecule has 98 valence electrons. The Bertz CT molecular complexity index is 616. The summed E-state index contributed by atoms with van der Waals surface area (Å²) < 4.78 is 3.05. The quantitative estimate of drug-likeness (QED) is 0.921. The third-order valence-corrected chi connectivity index (χ3v) is 3.81. The van der Waals surface area contributed by atoms with Gasteiger partial charge in [0.15, 0.2) is 5.96 Å². The largest absolute Gasteiger partial charge is 0.369 e. The van der Waals surface area contributed by atoms with E-state index in [1.165, 1.54) is 0 Å². The zero-order chi connectivity index (χ0) is 13.4. The first-order valence-corrected chi connectivity index (χ1v) is 6.77. The number of halogens is 1. The van der Waals surface area contributed by atoms with Gasteiger partial charge in [0.25, 0.3) is 0 Å². The fourth-order valence-electron chi connectivity index (χ4n) is 2.33. The summed E-state index contributed by atoms with van der Waals surface area (Å²) in [6.45, 7) is 0.654. The van der Waals surface area contributed by atoms with Gasteiger partial charge < -0.3 is 15.2 Å². The smallest absolute Gasteiger partial charge is 0.196 e. The Morgan fingerprint density at radius 1 is 1.32 bits per heavy atom. The first-order valence-electron chi connectivity index (χ1n) is 5.98. The van der Waals surface area contributed by atoms with Gasteiger partial charge in [-0.15, -0.1) is 0 Å². The molecule has 0 saturated heterocycles. The van der Waals surface area contributed by atoms with Crippen molar-refractivity contribution < 1.29 is 0 Å². The summed E-state index contributed by atoms with van der Waals surface area (Å²) in [6.07, 6.45) is 3.66. The number of aliphatic imine (C=N–C) groups is 1. The van der Waals surface area contributed by atoms with E-state index in [0.717, 1.165) is 15.9 Å². The second-order valence-corrected chi connectivity index (χ2v) is 5.41. The third kappa shape index (κ3) is 2.12. The van der Waals surface area contributed by atoms with Gasteiger partial charge in [0.05, 0.1) is 30.8 Å². The van der Waals surface area contributed by atoms with Crippen molar-refractivity contribution in [3.8, 4) is 0 Å². The van der Waals surface area contributed by atoms with Crippen LogP contribution in [0.1, 0.15) is 11.7 Å². The van der Waals surface area contributed by atoms with Crippen molar-refractivity contribution in [3.63, 3.8) is 0 Å². The lowest BCUT2D eigenvalue weighted by atomic mass is 10.1. The molecular formula is C13H14BrN5. The molecule has 5 nitrogen and oxygen atoms in total. The number of hydrogen-bond donors (Lipinski definition) is 1. The second-order valence-electron chi connectivity index (χ2n) is 4.49. The van der Waals surface area contributed by atoms with E-state index in [9.17, 15) is 0 Å². The van der Waals surface area contributed by atoms with E-state index in [4.69, 9.17) is 5.73 Å². The Hall–Kier alpha value is -1.82. The molecule has 0 saturated carbocycles. The lowest BCUT2D eigenvalue weighted by Gasteiger charge is -2.26. The van der Waals surface area contributed by atoms with Crippen LogP contribution in [0.4, 0.5) is 5.69 Å². The van der Waals surface area contributed by atoms with E-state index in [1.807, 2.05) is 47.0 Å². The predicted molar refractivity (Wildman–Crippen MR) is 79.1 cm³/mol. The van der Waals surface area contributed by atoms with E-state index in [0.29, 0.717) is 12.5 Å². The Morgan fingerprint density at radius 3 is 2.68 bits per heavy atom. The first-order chi connectivity index (χ1) is 9.16. The fraction of sp³-hybridized carbons (Fsp3) is 0.231. The van der Waals surface area contributed by atoms with Crippen molar-refractivity contribution in [2.75, 3.05) is 11.4 Å². The number of benzene rings is 1. The maximum atomic E-state index is 6.03. The minimum Gasteiger partial charge on any atom is -0.369 e. The van der Waals surface area contributed by atoms with Gasteiger partial charge >= 0.3 is 0 Å². The molecular weight excluding hydrogens is 306 g/mol. The van der Waals surface area contributed by atoms with Crippen LogP contribution in [0.5, 0.6) is 0 Å². The minimum atomic E-state index is 0.105. The van der Waals surface area contributed by atoms with Crippen molar-refractivity contribution in [1.82, 2.24) is 9.55 Å². The number of guanidine groups is 1. The Balaban J connectivity index is 1.99. The van der Waals surface area contributed by atoms with Gasteiger partial charge in [0.2, 0.25) is 0 Å². The summed E-state index contributed by atoms with van der Waals surface area (Å²) >= 11 is 3.44. The number of aromatic nitrogens is 2. The lowest BCUT2D eigenvalue weighted by molar-refractivity contribution is 0.689. The predicted octanol–water partition coefficient (Wildman–Crippen LogP) is 2.06. The van der Waals surface area contributed by atoms with Gasteiger partial charge in [-0.25, -0.2) is 4.98 Å². The highest BCUT2D eigenvalue weighted by Crippen LogP contribution is 2.31. The summed E-state index contributed by atoms with van der Waals surface area (Å²) in [7, 11) is 1.98. The average Bonchev–Trinajstić information content (AvgIpc) is 2.97. The highest BCUT2D eigenvalue weighted by atomic mass is 79.9. The van der Waals surface area contributed by atoms with Gasteiger partial charge in [-0.3, -0.25) is 4.99 Å². The Kier molecular flexibility index (Phi) is 3.02. The van der Waals surface area contributed by atoms with E-state index in [-0.39, 0.29) is 6.04 Å². The number of nitrogens with two attached hydrogens (primary N) is 1. The van der Waals surface area contributed by atoms with E-state index < -0.39 is 0 Å². The zero-order valence-electron chi connectivity index (χ0n) is 10.5. The molecule has 19 heavy (non-hydrogen) atoms. The van der Waals surface area contributed by atoms with Crippen LogP contribution >= 0.6 is 15.9 Å². The van der Waals surface area contributed by atoms with Crippen LogP contribution in [0.15, 0.2) is 46.3 Å². The summed E-state index contributed by atoms with van der Waals surface area (Å²) in [5.74, 6) is 0.550. The van der Waals surface area contributed by atoms with Crippen LogP contribution in [0, 0.1) is 0 Å². The summed E-state index contributed by atoms with van der Waals surface area (Å²) in [6, 6.07) is 8.17. The van der Waals surface area contributed by atoms with Crippen LogP contribution in [0.25, 0.3) is 0 Å². The number of aryl methyl sites for hydroxylation is 1. The van der Waals surface area contributed by atoms with Gasteiger partial charge in [-0.05, 0) is 24.3 Å². The monoisotopic (exact) mass is 319 g/mol. The maximum Gasteiger partial charge on any atom is 0.196 e. The molecule has 0 bridgehead atoms. The highest BCUT2D eigenvalue weighted by Gasteiger charge is 2.30. The van der Waals surface area contributed by atoms with Crippen LogP contribution in [-0.2, 0) is 7.05 Å². The Morgan fingerprint density at radius 2 is 2.05 bits per heavy atom. The van der Waals surface area contributed by atoms with Gasteiger partial charge in [0, 0.05) is 17.2 Å². The number of hydrogen-bond acceptors (Lipinski definition) is 4. The molecule has 2 aromatic rings. The Labute approximate surface area is 119 Å². The molecule has 3 rings (SSSR count). The molecule has 1 aromatic heterocycles. The van der Waals surface area contributed by atoms with Crippen LogP contribution in [0.3, 0.4) is 0 Å². The third-order valence-electron chi connectivity index (χ3n) is 3.28. The highest BCUT2D eigenvalue weighted by molar-refractivity contribution is 9.10.